The van der Waals surface area contributed by atoms with Crippen LogP contribution in [0.3, 0.4) is 0 Å². The molecule has 0 amide bonds. The lowest BCUT2D eigenvalue weighted by Crippen LogP contribution is -1.97. The van der Waals surface area contributed by atoms with Crippen LogP contribution in [0.1, 0.15) is 5.89 Å². The zero-order valence-corrected chi connectivity index (χ0v) is 12.2. The molecule has 7 heteroatoms. The van der Waals surface area contributed by atoms with Crippen molar-refractivity contribution in [2.45, 2.75) is 11.8 Å². The minimum atomic E-state index is -0.933. The second-order valence-corrected chi connectivity index (χ2v) is 5.37. The number of aliphatic carboxylic acids is 1. The summed E-state index contributed by atoms with van der Waals surface area (Å²) in [5.41, 5.74) is 0. The molecule has 3 rings (SSSR count). The Kier molecular flexibility index (Phi) is 4.24. The third-order valence-electron chi connectivity index (χ3n) is 2.85. The molecule has 0 fully saturated rings. The summed E-state index contributed by atoms with van der Waals surface area (Å²) < 4.78 is 10.9. The second-order valence-electron chi connectivity index (χ2n) is 4.44. The van der Waals surface area contributed by atoms with Gasteiger partial charge in [0.1, 0.15) is 11.5 Å². The molecule has 112 valence electrons. The molecule has 0 saturated carbocycles. The molecule has 3 aromatic rings. The Labute approximate surface area is 130 Å². The minimum Gasteiger partial charge on any atom is -0.484 e. The van der Waals surface area contributed by atoms with Crippen molar-refractivity contribution < 1.29 is 19.1 Å². The Morgan fingerprint density at radius 3 is 2.82 bits per heavy atom. The van der Waals surface area contributed by atoms with E-state index in [4.69, 9.17) is 14.3 Å². The number of fused-ring (bicyclic) bond motifs is 1. The minimum absolute atomic E-state index is 0.118. The molecule has 1 aromatic heterocycles. The molecular formula is C15H12N2O4S. The van der Waals surface area contributed by atoms with Crippen LogP contribution < -0.4 is 4.74 Å². The van der Waals surface area contributed by atoms with Gasteiger partial charge in [-0.2, -0.15) is 0 Å². The Balaban J connectivity index is 1.62. The third-order valence-corrected chi connectivity index (χ3v) is 3.65. The van der Waals surface area contributed by atoms with Crippen molar-refractivity contribution in [3.63, 3.8) is 0 Å². The van der Waals surface area contributed by atoms with Crippen molar-refractivity contribution in [3.05, 3.63) is 48.4 Å². The number of thioether (sulfide) groups is 1. The predicted octanol–water partition coefficient (Wildman–Crippen LogP) is 2.98. The van der Waals surface area contributed by atoms with Crippen LogP contribution in [-0.2, 0) is 11.4 Å². The molecule has 1 N–H and O–H groups in total. The highest BCUT2D eigenvalue weighted by atomic mass is 32.2. The molecule has 0 aliphatic carbocycles. The predicted molar refractivity (Wildman–Crippen MR) is 80.9 cm³/mol. The quantitative estimate of drug-likeness (QED) is 0.700. The summed E-state index contributed by atoms with van der Waals surface area (Å²) in [7, 11) is 0. The maximum atomic E-state index is 10.5. The Morgan fingerprint density at radius 2 is 2.00 bits per heavy atom. The summed E-state index contributed by atoms with van der Waals surface area (Å²) >= 11 is 0.978. The lowest BCUT2D eigenvalue weighted by Gasteiger charge is -2.04. The monoisotopic (exact) mass is 316 g/mol. The van der Waals surface area contributed by atoms with E-state index in [1.165, 1.54) is 0 Å². The van der Waals surface area contributed by atoms with Crippen molar-refractivity contribution in [1.82, 2.24) is 10.2 Å². The van der Waals surface area contributed by atoms with E-state index in [2.05, 4.69) is 10.2 Å². The molecule has 0 radical (unpaired) electrons. The lowest BCUT2D eigenvalue weighted by molar-refractivity contribution is -0.133. The molecule has 0 saturated heterocycles. The summed E-state index contributed by atoms with van der Waals surface area (Å²) in [6.07, 6.45) is 0. The largest absolute Gasteiger partial charge is 0.484 e. The highest BCUT2D eigenvalue weighted by Gasteiger charge is 2.09. The van der Waals surface area contributed by atoms with Crippen LogP contribution in [-0.4, -0.2) is 27.0 Å². The highest BCUT2D eigenvalue weighted by molar-refractivity contribution is 7.99. The van der Waals surface area contributed by atoms with Gasteiger partial charge in [0.2, 0.25) is 0 Å². The number of rotatable bonds is 6. The Morgan fingerprint density at radius 1 is 1.18 bits per heavy atom. The zero-order chi connectivity index (χ0) is 15.4. The highest BCUT2D eigenvalue weighted by Crippen LogP contribution is 2.22. The summed E-state index contributed by atoms with van der Waals surface area (Å²) in [5, 5.41) is 18.6. The van der Waals surface area contributed by atoms with E-state index in [9.17, 15) is 4.79 Å². The third kappa shape index (κ3) is 3.56. The van der Waals surface area contributed by atoms with Crippen LogP contribution in [0.2, 0.25) is 0 Å². The first-order valence-corrected chi connectivity index (χ1v) is 7.48. The number of carboxylic acids is 1. The number of hydrogen-bond donors (Lipinski definition) is 1. The van der Waals surface area contributed by atoms with Gasteiger partial charge in [-0.25, -0.2) is 0 Å². The smallest absolute Gasteiger partial charge is 0.314 e. The fraction of sp³-hybridized carbons (Fsp3) is 0.133. The van der Waals surface area contributed by atoms with Gasteiger partial charge in [-0.05, 0) is 22.9 Å². The van der Waals surface area contributed by atoms with E-state index in [1.54, 1.807) is 0 Å². The standard InChI is InChI=1S/C15H12N2O4S/c18-14(19)9-22-15-17-16-13(21-15)8-20-12-6-5-10-3-1-2-4-11(10)7-12/h1-7H,8-9H2,(H,18,19). The van der Waals surface area contributed by atoms with Crippen LogP contribution in [0, 0.1) is 0 Å². The number of hydrogen-bond acceptors (Lipinski definition) is 6. The van der Waals surface area contributed by atoms with Crippen molar-refractivity contribution in [3.8, 4) is 5.75 Å². The molecule has 0 bridgehead atoms. The number of carbonyl (C=O) groups is 1. The number of nitrogens with zero attached hydrogens (tertiary/aromatic N) is 2. The average molecular weight is 316 g/mol. The fourth-order valence-corrected chi connectivity index (χ4v) is 2.38. The fourth-order valence-electron chi connectivity index (χ4n) is 1.88. The van der Waals surface area contributed by atoms with Gasteiger partial charge < -0.3 is 14.3 Å². The maximum Gasteiger partial charge on any atom is 0.314 e. The topological polar surface area (TPSA) is 85.5 Å². The number of benzene rings is 2. The molecule has 0 aliphatic heterocycles. The molecule has 0 spiro atoms. The van der Waals surface area contributed by atoms with Crippen LogP contribution in [0.15, 0.2) is 52.1 Å². The lowest BCUT2D eigenvalue weighted by atomic mass is 10.1. The van der Waals surface area contributed by atoms with Crippen LogP contribution in [0.25, 0.3) is 10.8 Å². The van der Waals surface area contributed by atoms with Gasteiger partial charge in [-0.15, -0.1) is 10.2 Å². The second kappa shape index (κ2) is 6.48. The zero-order valence-electron chi connectivity index (χ0n) is 11.4. The van der Waals surface area contributed by atoms with Gasteiger partial charge in [0.05, 0.1) is 0 Å². The molecule has 0 aliphatic rings. The van der Waals surface area contributed by atoms with Gasteiger partial charge in [-0.3, -0.25) is 4.79 Å². The number of ether oxygens (including phenoxy) is 1. The summed E-state index contributed by atoms with van der Waals surface area (Å²) in [6, 6.07) is 13.8. The van der Waals surface area contributed by atoms with Crippen LogP contribution in [0.4, 0.5) is 0 Å². The summed E-state index contributed by atoms with van der Waals surface area (Å²) in [6.45, 7) is 0.138. The van der Waals surface area contributed by atoms with E-state index in [1.807, 2.05) is 42.5 Å². The number of aromatic nitrogens is 2. The van der Waals surface area contributed by atoms with Gasteiger partial charge in [0.25, 0.3) is 11.1 Å². The first-order chi connectivity index (χ1) is 10.7. The van der Waals surface area contributed by atoms with Crippen molar-refractivity contribution in [1.29, 1.82) is 0 Å². The van der Waals surface area contributed by atoms with E-state index >= 15 is 0 Å². The molecular weight excluding hydrogens is 304 g/mol. The first kappa shape index (κ1) is 14.4. The molecule has 0 unspecified atom stereocenters. The van der Waals surface area contributed by atoms with Gasteiger partial charge >= 0.3 is 5.97 Å². The number of carboxylic acid groups (broad SMARTS) is 1. The van der Waals surface area contributed by atoms with E-state index < -0.39 is 5.97 Å². The Hall–Kier alpha value is -2.54. The molecule has 6 nitrogen and oxygen atoms in total. The maximum absolute atomic E-state index is 10.5. The van der Waals surface area contributed by atoms with Crippen LogP contribution in [0.5, 0.6) is 5.75 Å². The molecule has 0 atom stereocenters. The SMILES string of the molecule is O=C(O)CSc1nnc(COc2ccc3ccccc3c2)o1. The van der Waals surface area contributed by atoms with Crippen LogP contribution >= 0.6 is 11.8 Å². The van der Waals surface area contributed by atoms with Gasteiger partial charge in [-0.1, -0.05) is 42.1 Å². The first-order valence-electron chi connectivity index (χ1n) is 6.49. The molecule has 22 heavy (non-hydrogen) atoms. The van der Waals surface area contributed by atoms with Gasteiger partial charge in [0.15, 0.2) is 6.61 Å². The van der Waals surface area contributed by atoms with Crippen molar-refractivity contribution in [2.75, 3.05) is 5.75 Å². The normalized spacial score (nSPS) is 10.7. The molecule has 1 heterocycles. The van der Waals surface area contributed by atoms with Gasteiger partial charge in [0, 0.05) is 0 Å². The van der Waals surface area contributed by atoms with E-state index in [-0.39, 0.29) is 17.6 Å². The molecule has 2 aromatic carbocycles. The summed E-state index contributed by atoms with van der Waals surface area (Å²) in [4.78, 5) is 10.5. The van der Waals surface area contributed by atoms with Crippen molar-refractivity contribution >= 4 is 28.5 Å². The summed E-state index contributed by atoms with van der Waals surface area (Å²) in [5.74, 6) is -0.0393. The Bertz CT molecular complexity index is 803. The average Bonchev–Trinajstić information content (AvgIpc) is 2.99. The van der Waals surface area contributed by atoms with Crippen molar-refractivity contribution in [2.24, 2.45) is 0 Å². The van der Waals surface area contributed by atoms with E-state index in [0.29, 0.717) is 11.6 Å². The van der Waals surface area contributed by atoms with E-state index in [0.717, 1.165) is 22.5 Å².